The predicted molar refractivity (Wildman–Crippen MR) is 273 cm³/mol. The molecule has 0 amide bonds. The van der Waals surface area contributed by atoms with Gasteiger partial charge in [0.25, 0.3) is 0 Å². The van der Waals surface area contributed by atoms with Gasteiger partial charge in [-0.2, -0.15) is 0 Å². The first-order valence-electron chi connectivity index (χ1n) is 22.3. The van der Waals surface area contributed by atoms with Gasteiger partial charge in [0.2, 0.25) is 0 Å². The zero-order chi connectivity index (χ0) is 43.3. The molecule has 66 heavy (non-hydrogen) atoms. The molecule has 3 aromatic heterocycles. The molecule has 306 valence electrons. The predicted octanol–water partition coefficient (Wildman–Crippen LogP) is 16.1. The van der Waals surface area contributed by atoms with Crippen molar-refractivity contribution in [3.05, 3.63) is 218 Å². The molecule has 11 aromatic carbocycles. The summed E-state index contributed by atoms with van der Waals surface area (Å²) in [5, 5.41) is 13.7. The van der Waals surface area contributed by atoms with Gasteiger partial charge in [-0.1, -0.05) is 164 Å². The summed E-state index contributed by atoms with van der Waals surface area (Å²) in [6.07, 6.45) is 0. The Morgan fingerprint density at radius 3 is 1.70 bits per heavy atom. The molecule has 0 aliphatic rings. The third-order valence-corrected chi connectivity index (χ3v) is 13.3. The Kier molecular flexibility index (Phi) is 7.91. The lowest BCUT2D eigenvalue weighted by atomic mass is 9.99. The van der Waals surface area contributed by atoms with Gasteiger partial charge >= 0.3 is 0 Å². The highest BCUT2D eigenvalue weighted by molar-refractivity contribution is 6.17. The van der Waals surface area contributed by atoms with E-state index < -0.39 is 0 Å². The number of fused-ring (bicyclic) bond motifs is 11. The van der Waals surface area contributed by atoms with Crippen LogP contribution in [0.25, 0.3) is 138 Å². The fraction of sp³-hybridized carbons (Fsp3) is 0. The monoisotopic (exact) mass is 840 g/mol. The molecule has 5 nitrogen and oxygen atoms in total. The van der Waals surface area contributed by atoms with Crippen molar-refractivity contribution < 1.29 is 4.42 Å². The Morgan fingerprint density at radius 2 is 0.894 bits per heavy atom. The van der Waals surface area contributed by atoms with Crippen LogP contribution in [0.2, 0.25) is 0 Å². The van der Waals surface area contributed by atoms with Crippen LogP contribution in [0.1, 0.15) is 0 Å². The molecule has 0 fully saturated rings. The fourth-order valence-electron chi connectivity index (χ4n) is 10.2. The van der Waals surface area contributed by atoms with E-state index in [2.05, 4.69) is 217 Å². The van der Waals surface area contributed by atoms with E-state index in [1.54, 1.807) is 0 Å². The Bertz CT molecular complexity index is 4300. The van der Waals surface area contributed by atoms with Crippen LogP contribution >= 0.6 is 0 Å². The molecule has 14 rings (SSSR count). The summed E-state index contributed by atoms with van der Waals surface area (Å²) in [4.78, 5) is 16.2. The van der Waals surface area contributed by atoms with Gasteiger partial charge in [0.15, 0.2) is 17.5 Å². The first-order chi connectivity index (χ1) is 32.7. The second kappa shape index (κ2) is 14.3. The first kappa shape index (κ1) is 36.5. The summed E-state index contributed by atoms with van der Waals surface area (Å²) in [7, 11) is 0. The van der Waals surface area contributed by atoms with Crippen molar-refractivity contribution in [2.45, 2.75) is 0 Å². The number of nitrogens with zero attached hydrogens (tertiary/aromatic N) is 4. The molecule has 5 heteroatoms. The highest BCUT2D eigenvalue weighted by Crippen LogP contribution is 2.43. The zero-order valence-electron chi connectivity index (χ0n) is 35.5. The van der Waals surface area contributed by atoms with Gasteiger partial charge in [0.1, 0.15) is 11.2 Å². The molecule has 0 N–H and O–H groups in total. The van der Waals surface area contributed by atoms with Crippen molar-refractivity contribution in [3.63, 3.8) is 0 Å². The van der Waals surface area contributed by atoms with E-state index in [0.717, 1.165) is 82.6 Å². The van der Waals surface area contributed by atoms with E-state index in [1.165, 1.54) is 37.7 Å². The van der Waals surface area contributed by atoms with E-state index in [0.29, 0.717) is 17.5 Å². The van der Waals surface area contributed by atoms with Crippen LogP contribution in [0.5, 0.6) is 0 Å². The third kappa shape index (κ3) is 5.77. The topological polar surface area (TPSA) is 56.7 Å². The van der Waals surface area contributed by atoms with Crippen molar-refractivity contribution in [1.29, 1.82) is 0 Å². The minimum absolute atomic E-state index is 0.563. The number of aromatic nitrogens is 4. The van der Waals surface area contributed by atoms with Crippen LogP contribution in [-0.4, -0.2) is 19.5 Å². The summed E-state index contributed by atoms with van der Waals surface area (Å²) in [5.41, 5.74) is 9.62. The Balaban J connectivity index is 1.07. The molecule has 0 saturated heterocycles. The molecule has 14 aromatic rings. The Morgan fingerprint density at radius 1 is 0.303 bits per heavy atom. The van der Waals surface area contributed by atoms with Crippen LogP contribution in [0.4, 0.5) is 0 Å². The van der Waals surface area contributed by atoms with E-state index in [4.69, 9.17) is 19.4 Å². The van der Waals surface area contributed by atoms with E-state index in [1.807, 2.05) is 6.07 Å². The number of furan rings is 1. The summed E-state index contributed by atoms with van der Waals surface area (Å²) in [6.45, 7) is 0. The van der Waals surface area contributed by atoms with E-state index in [9.17, 15) is 0 Å². The summed E-state index contributed by atoms with van der Waals surface area (Å²) in [6, 6.07) is 77.6. The highest BCUT2D eigenvalue weighted by Gasteiger charge is 2.23. The summed E-state index contributed by atoms with van der Waals surface area (Å²) in [5.74, 6) is 1.74. The fourth-order valence-corrected chi connectivity index (χ4v) is 10.2. The van der Waals surface area contributed by atoms with Crippen LogP contribution in [0, 0.1) is 0 Å². The Hall–Kier alpha value is -8.93. The lowest BCUT2D eigenvalue weighted by molar-refractivity contribution is 0.669. The first-order valence-corrected chi connectivity index (χ1v) is 22.3. The molecule has 0 atom stereocenters. The molecule has 3 heterocycles. The van der Waals surface area contributed by atoms with Gasteiger partial charge in [-0.05, 0) is 103 Å². The average Bonchev–Trinajstić information content (AvgIpc) is 3.91. The number of rotatable bonds is 5. The Labute approximate surface area is 378 Å². The van der Waals surface area contributed by atoms with Gasteiger partial charge in [-0.25, -0.2) is 15.0 Å². The summed E-state index contributed by atoms with van der Waals surface area (Å²) < 4.78 is 9.31. The third-order valence-electron chi connectivity index (χ3n) is 13.3. The van der Waals surface area contributed by atoms with Gasteiger partial charge < -0.3 is 8.98 Å². The molecule has 0 radical (unpaired) electrons. The van der Waals surface area contributed by atoms with Crippen LogP contribution < -0.4 is 0 Å². The molecule has 0 aliphatic heterocycles. The van der Waals surface area contributed by atoms with Crippen LogP contribution in [-0.2, 0) is 0 Å². The maximum absolute atomic E-state index is 6.95. The molecule has 0 saturated carbocycles. The number of hydrogen-bond acceptors (Lipinski definition) is 4. The normalized spacial score (nSPS) is 11.9. The number of para-hydroxylation sites is 1. The lowest BCUT2D eigenvalue weighted by Crippen LogP contribution is -2.02. The standard InChI is InChI=1S/C61H36N4O/c1-2-13-37(14-3-1)39-20-12-21-45(29-39)59-62-60(46-27-28-49-44(30-46)26-25-38-15-8-9-22-48(38)49)64-61(63-59)53-35-47(36-57-58(53)52-32-41-17-5-7-19-43(41)34-56(52)66-57)65-54-24-11-10-23-50(54)51-31-40-16-4-6-18-42(40)33-55(51)65/h1-36H. The largest absolute Gasteiger partial charge is 0.456 e. The molecule has 0 spiro atoms. The molecule has 0 bridgehead atoms. The van der Waals surface area contributed by atoms with Gasteiger partial charge in [0, 0.05) is 44.3 Å². The van der Waals surface area contributed by atoms with Gasteiger partial charge in [0.05, 0.1) is 16.7 Å². The maximum Gasteiger partial charge on any atom is 0.164 e. The second-order valence-electron chi connectivity index (χ2n) is 17.2. The minimum Gasteiger partial charge on any atom is -0.456 e. The van der Waals surface area contributed by atoms with Gasteiger partial charge in [-0.3, -0.25) is 0 Å². The van der Waals surface area contributed by atoms with Crippen molar-refractivity contribution in [3.8, 4) is 51.0 Å². The van der Waals surface area contributed by atoms with Crippen molar-refractivity contribution in [1.82, 2.24) is 19.5 Å². The van der Waals surface area contributed by atoms with Crippen LogP contribution in [0.15, 0.2) is 223 Å². The molecular weight excluding hydrogens is 805 g/mol. The average molecular weight is 841 g/mol. The highest BCUT2D eigenvalue weighted by atomic mass is 16.3. The summed E-state index contributed by atoms with van der Waals surface area (Å²) >= 11 is 0. The second-order valence-corrected chi connectivity index (χ2v) is 17.2. The van der Waals surface area contributed by atoms with Gasteiger partial charge in [-0.15, -0.1) is 0 Å². The SMILES string of the molecule is c1ccc(-c2cccc(-c3nc(-c4ccc5c(ccc6ccccc65)c4)nc(-c4cc(-n5c6ccccc6c6cc7ccccc7cc65)cc5oc6cc7ccccc7cc6c45)n3)c2)cc1. The van der Waals surface area contributed by atoms with Crippen molar-refractivity contribution in [2.75, 3.05) is 0 Å². The quantitative estimate of drug-likeness (QED) is 0.162. The molecular formula is C61H36N4O. The molecule has 0 unspecified atom stereocenters. The number of benzene rings is 11. The van der Waals surface area contributed by atoms with Crippen molar-refractivity contribution >= 4 is 86.8 Å². The smallest absolute Gasteiger partial charge is 0.164 e. The minimum atomic E-state index is 0.563. The lowest BCUT2D eigenvalue weighted by Gasteiger charge is -2.14. The van der Waals surface area contributed by atoms with Crippen molar-refractivity contribution in [2.24, 2.45) is 0 Å². The van der Waals surface area contributed by atoms with Crippen LogP contribution in [0.3, 0.4) is 0 Å². The zero-order valence-corrected chi connectivity index (χ0v) is 35.5. The molecule has 0 aliphatic carbocycles. The number of hydrogen-bond donors (Lipinski definition) is 0. The van der Waals surface area contributed by atoms with E-state index in [-0.39, 0.29) is 0 Å². The van der Waals surface area contributed by atoms with E-state index >= 15 is 0 Å². The maximum atomic E-state index is 6.95.